The maximum absolute atomic E-state index is 10.6. The van der Waals surface area contributed by atoms with Crippen molar-refractivity contribution in [2.45, 2.75) is 45.8 Å². The van der Waals surface area contributed by atoms with Gasteiger partial charge in [-0.15, -0.1) is 6.58 Å². The van der Waals surface area contributed by atoms with Crippen LogP contribution >= 0.6 is 0 Å². The number of aliphatic hydroxyl groups is 1. The van der Waals surface area contributed by atoms with Crippen LogP contribution in [0, 0.1) is 6.92 Å². The molecule has 0 unspecified atom stereocenters. The van der Waals surface area contributed by atoms with Gasteiger partial charge < -0.3 is 14.6 Å². The molecular formula is C28H37N3O3. The SMILES string of the molecule is C=CCC[C@H](O)CN(CCOC)Cc1c(CC)nn(-c2ccccc2)c1Oc1ccc(C)cc1. The summed E-state index contributed by atoms with van der Waals surface area (Å²) >= 11 is 0. The second-order valence-electron chi connectivity index (χ2n) is 8.49. The van der Waals surface area contributed by atoms with E-state index in [1.165, 1.54) is 5.56 Å². The van der Waals surface area contributed by atoms with Gasteiger partial charge in [-0.2, -0.15) is 5.10 Å². The smallest absolute Gasteiger partial charge is 0.227 e. The Labute approximate surface area is 203 Å². The van der Waals surface area contributed by atoms with Crippen molar-refractivity contribution in [1.29, 1.82) is 0 Å². The summed E-state index contributed by atoms with van der Waals surface area (Å²) in [6, 6.07) is 18.1. The van der Waals surface area contributed by atoms with Gasteiger partial charge in [0.05, 0.1) is 29.7 Å². The van der Waals surface area contributed by atoms with Crippen molar-refractivity contribution in [2.75, 3.05) is 26.8 Å². The number of benzene rings is 2. The second-order valence-corrected chi connectivity index (χ2v) is 8.49. The van der Waals surface area contributed by atoms with Crippen LogP contribution in [0.1, 0.15) is 36.6 Å². The molecule has 1 heterocycles. The number of hydrogen-bond donors (Lipinski definition) is 1. The number of para-hydroxylation sites is 1. The van der Waals surface area contributed by atoms with Crippen LogP contribution in [0.3, 0.4) is 0 Å². The average Bonchev–Trinajstić information content (AvgIpc) is 3.20. The van der Waals surface area contributed by atoms with E-state index < -0.39 is 6.10 Å². The standard InChI is InChI=1S/C28H37N3O3/c1-5-7-13-24(32)20-30(18-19-33-4)21-26-27(6-2)29-31(23-11-9-8-10-12-23)28(26)34-25-16-14-22(3)15-17-25/h5,8-12,14-17,24,32H,1,6-7,13,18-21H2,2-4H3/t24-/m0/s1. The predicted molar refractivity (Wildman–Crippen MR) is 137 cm³/mol. The van der Waals surface area contributed by atoms with Crippen LogP contribution in [0.25, 0.3) is 5.69 Å². The molecule has 0 fully saturated rings. The van der Waals surface area contributed by atoms with Crippen molar-refractivity contribution < 1.29 is 14.6 Å². The Morgan fingerprint density at radius 1 is 1.15 bits per heavy atom. The largest absolute Gasteiger partial charge is 0.439 e. The number of aryl methyl sites for hydroxylation is 2. The summed E-state index contributed by atoms with van der Waals surface area (Å²) in [6.07, 6.45) is 3.65. The van der Waals surface area contributed by atoms with E-state index in [1.807, 2.05) is 65.4 Å². The monoisotopic (exact) mass is 463 g/mol. The van der Waals surface area contributed by atoms with Crippen molar-refractivity contribution >= 4 is 0 Å². The van der Waals surface area contributed by atoms with E-state index in [9.17, 15) is 5.11 Å². The van der Waals surface area contributed by atoms with Crippen molar-refractivity contribution in [2.24, 2.45) is 0 Å². The predicted octanol–water partition coefficient (Wildman–Crippen LogP) is 5.31. The van der Waals surface area contributed by atoms with Crippen LogP contribution in [0.15, 0.2) is 67.3 Å². The van der Waals surface area contributed by atoms with Gasteiger partial charge in [0.15, 0.2) is 0 Å². The Morgan fingerprint density at radius 3 is 2.53 bits per heavy atom. The summed E-state index contributed by atoms with van der Waals surface area (Å²) in [5.41, 5.74) is 4.13. The van der Waals surface area contributed by atoms with Crippen LogP contribution in [0.4, 0.5) is 0 Å². The summed E-state index contributed by atoms with van der Waals surface area (Å²) in [7, 11) is 1.70. The number of allylic oxidation sites excluding steroid dienone is 1. The van der Waals surface area contributed by atoms with E-state index in [0.29, 0.717) is 38.5 Å². The molecule has 0 bridgehead atoms. The first kappa shape index (κ1) is 25.7. The second kappa shape index (κ2) is 13.1. The molecule has 1 aromatic heterocycles. The summed E-state index contributed by atoms with van der Waals surface area (Å²) < 4.78 is 13.7. The Kier molecular flexibility index (Phi) is 9.89. The highest BCUT2D eigenvalue weighted by molar-refractivity contribution is 5.44. The normalized spacial score (nSPS) is 12.1. The maximum atomic E-state index is 10.6. The Balaban J connectivity index is 1.99. The van der Waals surface area contributed by atoms with E-state index in [4.69, 9.17) is 14.6 Å². The van der Waals surface area contributed by atoms with Crippen LogP contribution in [0.5, 0.6) is 11.6 Å². The fourth-order valence-corrected chi connectivity index (χ4v) is 3.87. The minimum atomic E-state index is -0.439. The molecule has 0 radical (unpaired) electrons. The zero-order valence-electron chi connectivity index (χ0n) is 20.6. The number of methoxy groups -OCH3 is 1. The Morgan fingerprint density at radius 2 is 1.88 bits per heavy atom. The first-order valence-corrected chi connectivity index (χ1v) is 12.0. The van der Waals surface area contributed by atoms with Gasteiger partial charge in [0.2, 0.25) is 5.88 Å². The van der Waals surface area contributed by atoms with Crippen LogP contribution in [-0.4, -0.2) is 52.7 Å². The number of nitrogens with zero attached hydrogens (tertiary/aromatic N) is 3. The fraction of sp³-hybridized carbons (Fsp3) is 0.393. The molecule has 1 N–H and O–H groups in total. The molecule has 34 heavy (non-hydrogen) atoms. The van der Waals surface area contributed by atoms with Crippen molar-refractivity contribution in [3.05, 3.63) is 84.1 Å². The van der Waals surface area contributed by atoms with Gasteiger partial charge in [-0.1, -0.05) is 48.9 Å². The first-order chi connectivity index (χ1) is 16.5. The number of aromatic nitrogens is 2. The molecule has 6 nitrogen and oxygen atoms in total. The number of hydrogen-bond acceptors (Lipinski definition) is 5. The van der Waals surface area contributed by atoms with Crippen LogP contribution in [-0.2, 0) is 17.7 Å². The van der Waals surface area contributed by atoms with E-state index in [-0.39, 0.29) is 0 Å². The molecule has 2 aromatic carbocycles. The van der Waals surface area contributed by atoms with Crippen molar-refractivity contribution in [3.63, 3.8) is 0 Å². The molecule has 0 aliphatic carbocycles. The molecule has 0 aliphatic rings. The molecular weight excluding hydrogens is 426 g/mol. The third-order valence-corrected chi connectivity index (χ3v) is 5.76. The zero-order chi connectivity index (χ0) is 24.3. The third kappa shape index (κ3) is 7.03. The lowest BCUT2D eigenvalue weighted by molar-refractivity contribution is 0.0804. The molecule has 3 aromatic rings. The molecule has 182 valence electrons. The van der Waals surface area contributed by atoms with Crippen molar-refractivity contribution in [1.82, 2.24) is 14.7 Å². The molecule has 0 aliphatic heterocycles. The highest BCUT2D eigenvalue weighted by atomic mass is 16.5. The molecule has 0 saturated heterocycles. The summed E-state index contributed by atoms with van der Waals surface area (Å²) in [6.45, 7) is 10.4. The van der Waals surface area contributed by atoms with Gasteiger partial charge in [0.25, 0.3) is 0 Å². The highest BCUT2D eigenvalue weighted by Gasteiger charge is 2.23. The Hall–Kier alpha value is -2.93. The zero-order valence-corrected chi connectivity index (χ0v) is 20.6. The minimum absolute atomic E-state index is 0.439. The van der Waals surface area contributed by atoms with Gasteiger partial charge in [0.1, 0.15) is 5.75 Å². The van der Waals surface area contributed by atoms with Gasteiger partial charge in [-0.3, -0.25) is 4.90 Å². The van der Waals surface area contributed by atoms with Gasteiger partial charge in [-0.25, -0.2) is 4.68 Å². The molecule has 3 rings (SSSR count). The van der Waals surface area contributed by atoms with Gasteiger partial charge >= 0.3 is 0 Å². The van der Waals surface area contributed by atoms with E-state index in [0.717, 1.165) is 35.5 Å². The third-order valence-electron chi connectivity index (χ3n) is 5.76. The molecule has 0 saturated carbocycles. The summed E-state index contributed by atoms with van der Waals surface area (Å²) in [5, 5.41) is 15.5. The van der Waals surface area contributed by atoms with Crippen LogP contribution < -0.4 is 4.74 Å². The lowest BCUT2D eigenvalue weighted by Gasteiger charge is -2.25. The number of aliphatic hydroxyl groups excluding tert-OH is 1. The van der Waals surface area contributed by atoms with E-state index in [2.05, 4.69) is 25.3 Å². The summed E-state index contributed by atoms with van der Waals surface area (Å²) in [5.74, 6) is 1.47. The minimum Gasteiger partial charge on any atom is -0.439 e. The highest BCUT2D eigenvalue weighted by Crippen LogP contribution is 2.32. The molecule has 1 atom stereocenters. The number of rotatable bonds is 14. The Bertz CT molecular complexity index is 1020. The quantitative estimate of drug-likeness (QED) is 0.328. The maximum Gasteiger partial charge on any atom is 0.227 e. The van der Waals surface area contributed by atoms with Gasteiger partial charge in [0, 0.05) is 26.7 Å². The lowest BCUT2D eigenvalue weighted by Crippen LogP contribution is -2.34. The average molecular weight is 464 g/mol. The number of ether oxygens (including phenoxy) is 2. The topological polar surface area (TPSA) is 59.8 Å². The fourth-order valence-electron chi connectivity index (χ4n) is 3.87. The van der Waals surface area contributed by atoms with E-state index in [1.54, 1.807) is 7.11 Å². The molecule has 0 spiro atoms. The van der Waals surface area contributed by atoms with Crippen LogP contribution in [0.2, 0.25) is 0 Å². The molecule has 0 amide bonds. The van der Waals surface area contributed by atoms with Crippen molar-refractivity contribution in [3.8, 4) is 17.3 Å². The lowest BCUT2D eigenvalue weighted by atomic mass is 10.1. The first-order valence-electron chi connectivity index (χ1n) is 12.0. The van der Waals surface area contributed by atoms with E-state index >= 15 is 0 Å². The summed E-state index contributed by atoms with van der Waals surface area (Å²) in [4.78, 5) is 2.21. The van der Waals surface area contributed by atoms with Gasteiger partial charge in [-0.05, 0) is 50.5 Å². The molecule has 6 heteroatoms.